The Morgan fingerprint density at radius 2 is 1.53 bits per heavy atom. The van der Waals surface area contributed by atoms with Gasteiger partial charge in [0.05, 0.1) is 11.7 Å². The quantitative estimate of drug-likeness (QED) is 0.546. The van der Waals surface area contributed by atoms with Crippen LogP contribution in [0.1, 0.15) is 64.2 Å². The van der Waals surface area contributed by atoms with Gasteiger partial charge in [-0.1, -0.05) is 54.5 Å². The summed E-state index contributed by atoms with van der Waals surface area (Å²) in [7, 11) is 0. The Balaban J connectivity index is 1.87. The van der Waals surface area contributed by atoms with E-state index in [4.69, 9.17) is 4.74 Å². The lowest BCUT2D eigenvalue weighted by Crippen LogP contribution is -2.35. The first kappa shape index (κ1) is 11.9. The van der Waals surface area contributed by atoms with Gasteiger partial charge in [0.25, 0.3) is 0 Å². The highest BCUT2D eigenvalue weighted by atomic mass is 79.9. The molecule has 0 aromatic carbocycles. The second-order valence-electron chi connectivity index (χ2n) is 5.26. The fraction of sp³-hybridized carbons (Fsp3) is 1.00. The van der Waals surface area contributed by atoms with Crippen molar-refractivity contribution in [2.24, 2.45) is 0 Å². The van der Waals surface area contributed by atoms with Gasteiger partial charge in [-0.3, -0.25) is 0 Å². The summed E-state index contributed by atoms with van der Waals surface area (Å²) < 4.78 is 6.42. The molecule has 0 aromatic rings. The zero-order valence-corrected chi connectivity index (χ0v) is 11.2. The van der Waals surface area contributed by atoms with Crippen LogP contribution in [0.25, 0.3) is 0 Å². The molecule has 0 amide bonds. The summed E-state index contributed by atoms with van der Waals surface area (Å²) in [6.07, 6.45) is 14.0. The van der Waals surface area contributed by atoms with Crippen molar-refractivity contribution >= 4 is 15.9 Å². The van der Waals surface area contributed by atoms with Gasteiger partial charge >= 0.3 is 0 Å². The average Bonchev–Trinajstić information content (AvgIpc) is 2.57. The van der Waals surface area contributed by atoms with E-state index in [1.165, 1.54) is 64.2 Å². The highest BCUT2D eigenvalue weighted by Gasteiger charge is 2.36. The number of alkyl halides is 1. The van der Waals surface area contributed by atoms with E-state index in [1.807, 2.05) is 0 Å². The minimum Gasteiger partial charge on any atom is -0.371 e. The average molecular weight is 275 g/mol. The molecule has 0 spiro atoms. The van der Waals surface area contributed by atoms with Gasteiger partial charge < -0.3 is 4.74 Å². The largest absolute Gasteiger partial charge is 0.371 e. The van der Waals surface area contributed by atoms with Gasteiger partial charge in [-0.2, -0.15) is 0 Å². The predicted molar refractivity (Wildman–Crippen MR) is 67.6 cm³/mol. The summed E-state index contributed by atoms with van der Waals surface area (Å²) in [4.78, 5) is 0. The lowest BCUT2D eigenvalue weighted by Gasteiger charge is -2.32. The van der Waals surface area contributed by atoms with Gasteiger partial charge in [0, 0.05) is 5.33 Å². The molecule has 0 aromatic heterocycles. The number of hydrogen-bond donors (Lipinski definition) is 0. The second-order valence-corrected chi connectivity index (χ2v) is 5.82. The minimum atomic E-state index is 0.203. The van der Waals surface area contributed by atoms with Crippen LogP contribution in [-0.4, -0.2) is 17.0 Å². The molecule has 88 valence electrons. The van der Waals surface area contributed by atoms with E-state index in [2.05, 4.69) is 15.9 Å². The summed E-state index contributed by atoms with van der Waals surface area (Å²) in [5.41, 5.74) is 0.203. The van der Waals surface area contributed by atoms with Gasteiger partial charge in [0.2, 0.25) is 0 Å². The molecule has 2 heteroatoms. The molecule has 2 rings (SSSR count). The van der Waals surface area contributed by atoms with E-state index in [-0.39, 0.29) is 5.60 Å². The van der Waals surface area contributed by atoms with Crippen LogP contribution in [0.2, 0.25) is 0 Å². The molecule has 0 saturated heterocycles. The third-order valence-electron chi connectivity index (χ3n) is 3.98. The topological polar surface area (TPSA) is 9.23 Å². The van der Waals surface area contributed by atoms with Crippen LogP contribution in [0.3, 0.4) is 0 Å². The van der Waals surface area contributed by atoms with Crippen LogP contribution in [-0.2, 0) is 4.74 Å². The maximum absolute atomic E-state index is 6.42. The Labute approximate surface area is 102 Å². The summed E-state index contributed by atoms with van der Waals surface area (Å²) in [6.45, 7) is 0. The Morgan fingerprint density at radius 3 is 2.07 bits per heavy atom. The first-order valence-electron chi connectivity index (χ1n) is 6.58. The smallest absolute Gasteiger partial charge is 0.0782 e. The van der Waals surface area contributed by atoms with Gasteiger partial charge in [-0.15, -0.1) is 0 Å². The second kappa shape index (κ2) is 5.67. The van der Waals surface area contributed by atoms with Gasteiger partial charge in [-0.05, 0) is 25.7 Å². The van der Waals surface area contributed by atoms with E-state index in [0.717, 1.165) is 5.33 Å². The van der Waals surface area contributed by atoms with Crippen LogP contribution < -0.4 is 0 Å². The number of halogens is 1. The van der Waals surface area contributed by atoms with Crippen molar-refractivity contribution in [3.63, 3.8) is 0 Å². The Bertz CT molecular complexity index is 179. The van der Waals surface area contributed by atoms with Crippen molar-refractivity contribution in [2.75, 3.05) is 5.33 Å². The monoisotopic (exact) mass is 274 g/mol. The Hall–Kier alpha value is 0.440. The molecule has 0 heterocycles. The van der Waals surface area contributed by atoms with Crippen LogP contribution >= 0.6 is 15.9 Å². The van der Waals surface area contributed by atoms with Crippen LogP contribution in [0.4, 0.5) is 0 Å². The van der Waals surface area contributed by atoms with E-state index in [0.29, 0.717) is 6.10 Å². The third kappa shape index (κ3) is 3.20. The van der Waals surface area contributed by atoms with E-state index in [1.54, 1.807) is 0 Å². The maximum atomic E-state index is 6.42. The molecule has 1 nitrogen and oxygen atoms in total. The molecular formula is C13H23BrO. The van der Waals surface area contributed by atoms with E-state index in [9.17, 15) is 0 Å². The lowest BCUT2D eigenvalue weighted by molar-refractivity contribution is -0.0795. The van der Waals surface area contributed by atoms with Crippen molar-refractivity contribution < 1.29 is 4.74 Å². The Kier molecular flexibility index (Phi) is 4.51. The van der Waals surface area contributed by atoms with Gasteiger partial charge in [0.15, 0.2) is 0 Å². The number of hydrogen-bond acceptors (Lipinski definition) is 1. The molecule has 15 heavy (non-hydrogen) atoms. The molecule has 0 radical (unpaired) electrons. The molecule has 2 aliphatic rings. The molecule has 0 bridgehead atoms. The summed E-state index contributed by atoms with van der Waals surface area (Å²) in [6, 6.07) is 0. The number of ether oxygens (including phenoxy) is 1. The maximum Gasteiger partial charge on any atom is 0.0782 e. The molecule has 2 aliphatic carbocycles. The van der Waals surface area contributed by atoms with E-state index < -0.39 is 0 Å². The first-order valence-corrected chi connectivity index (χ1v) is 7.71. The SMILES string of the molecule is BrCC1(OC2CCCCCC2)CCCC1. The zero-order chi connectivity index (χ0) is 10.6. The fourth-order valence-electron chi connectivity index (χ4n) is 3.02. The summed E-state index contributed by atoms with van der Waals surface area (Å²) in [5.74, 6) is 0. The van der Waals surface area contributed by atoms with Crippen molar-refractivity contribution in [2.45, 2.75) is 75.9 Å². The lowest BCUT2D eigenvalue weighted by atomic mass is 10.0. The highest BCUT2D eigenvalue weighted by Crippen LogP contribution is 2.37. The third-order valence-corrected chi connectivity index (χ3v) is 5.00. The normalized spacial score (nSPS) is 27.8. The zero-order valence-electron chi connectivity index (χ0n) is 9.64. The fourth-order valence-corrected chi connectivity index (χ4v) is 3.71. The summed E-state index contributed by atoms with van der Waals surface area (Å²) >= 11 is 3.65. The predicted octanol–water partition coefficient (Wildman–Crippen LogP) is 4.43. The molecule has 2 saturated carbocycles. The molecule has 0 unspecified atom stereocenters. The van der Waals surface area contributed by atoms with Gasteiger partial charge in [0.1, 0.15) is 0 Å². The van der Waals surface area contributed by atoms with Crippen LogP contribution in [0, 0.1) is 0 Å². The van der Waals surface area contributed by atoms with Crippen molar-refractivity contribution in [3.8, 4) is 0 Å². The van der Waals surface area contributed by atoms with Crippen molar-refractivity contribution in [1.29, 1.82) is 0 Å². The molecular weight excluding hydrogens is 252 g/mol. The highest BCUT2D eigenvalue weighted by molar-refractivity contribution is 9.09. The molecule has 0 aliphatic heterocycles. The van der Waals surface area contributed by atoms with Crippen molar-refractivity contribution in [1.82, 2.24) is 0 Å². The van der Waals surface area contributed by atoms with Crippen LogP contribution in [0.15, 0.2) is 0 Å². The van der Waals surface area contributed by atoms with Crippen LogP contribution in [0.5, 0.6) is 0 Å². The molecule has 2 fully saturated rings. The standard InChI is InChI=1S/C13H23BrO/c14-11-13(9-5-6-10-13)15-12-7-3-1-2-4-8-12/h12H,1-11H2. The number of rotatable bonds is 3. The minimum absolute atomic E-state index is 0.203. The van der Waals surface area contributed by atoms with E-state index >= 15 is 0 Å². The Morgan fingerprint density at radius 1 is 0.933 bits per heavy atom. The van der Waals surface area contributed by atoms with Crippen molar-refractivity contribution in [3.05, 3.63) is 0 Å². The molecule has 0 N–H and O–H groups in total. The summed E-state index contributed by atoms with van der Waals surface area (Å²) in [5, 5.41) is 1.04. The molecule has 0 atom stereocenters. The first-order chi connectivity index (χ1) is 7.35. The van der Waals surface area contributed by atoms with Gasteiger partial charge in [-0.25, -0.2) is 0 Å².